The zero-order valence-electron chi connectivity index (χ0n) is 13.8. The van der Waals surface area contributed by atoms with Crippen LogP contribution in [0, 0.1) is 23.1 Å². The van der Waals surface area contributed by atoms with Crippen LogP contribution < -0.4 is 22.1 Å². The van der Waals surface area contributed by atoms with Crippen LogP contribution in [0.25, 0.3) is 0 Å². The molecule has 132 valence electrons. The monoisotopic (exact) mass is 361 g/mol. The van der Waals surface area contributed by atoms with Crippen LogP contribution in [0.2, 0.25) is 0 Å². The molecule has 1 amide bonds. The number of nitrogens with zero attached hydrogens (tertiary/aromatic N) is 1. The average Bonchev–Trinajstić information content (AvgIpc) is 3.32. The fraction of sp³-hybridized carbons (Fsp3) is 0.353. The molecule has 1 aliphatic rings. The van der Waals surface area contributed by atoms with Gasteiger partial charge in [-0.3, -0.25) is 4.79 Å². The van der Waals surface area contributed by atoms with E-state index >= 15 is 0 Å². The summed E-state index contributed by atoms with van der Waals surface area (Å²) in [7, 11) is 0. The number of nitrogens with one attached hydrogen (secondary N) is 2. The number of benzene rings is 1. The van der Waals surface area contributed by atoms with Gasteiger partial charge in [-0.15, -0.1) is 0 Å². The maximum Gasteiger partial charge on any atom is 0.239 e. The molecule has 0 aromatic heterocycles. The largest absolute Gasteiger partial charge is 0.402 e. The normalized spacial score (nSPS) is 15.2. The van der Waals surface area contributed by atoms with E-state index in [1.807, 2.05) is 6.07 Å². The van der Waals surface area contributed by atoms with Crippen LogP contribution in [0.5, 0.6) is 0 Å². The second kappa shape index (κ2) is 7.94. The van der Waals surface area contributed by atoms with E-state index in [0.29, 0.717) is 28.7 Å². The minimum Gasteiger partial charge on any atom is -0.402 e. The van der Waals surface area contributed by atoms with E-state index in [1.54, 1.807) is 6.92 Å². The van der Waals surface area contributed by atoms with E-state index in [-0.39, 0.29) is 11.3 Å². The number of primary amides is 1. The first-order valence-corrected chi connectivity index (χ1v) is 8.25. The molecular weight excluding hydrogens is 341 g/mol. The number of hydrogen-bond acceptors (Lipinski definition) is 5. The van der Waals surface area contributed by atoms with Crippen molar-refractivity contribution in [2.24, 2.45) is 17.4 Å². The van der Waals surface area contributed by atoms with Crippen LogP contribution in [0.1, 0.15) is 31.7 Å². The third-order valence-corrected chi connectivity index (χ3v) is 4.00. The standard InChI is InChI=1S/C17H20FN5OS/c1-9(20)4-16(25)23-13-7-14(12(18)6-11(13)8-19)22-15(17(21)24)5-10-2-3-10/h4,6-7,10,15,22H,2-3,5,20H2,1H3,(H2,21,24)(H,23,25)/t15-/m1/s1. The second-order valence-electron chi connectivity index (χ2n) is 6.15. The molecule has 1 aliphatic carbocycles. The van der Waals surface area contributed by atoms with Gasteiger partial charge in [0.05, 0.1) is 16.9 Å². The number of anilines is 2. The van der Waals surface area contributed by atoms with Crippen molar-refractivity contribution in [3.8, 4) is 6.07 Å². The number of hydrogen-bond donors (Lipinski definition) is 4. The topological polar surface area (TPSA) is 117 Å². The Hall–Kier alpha value is -2.66. The van der Waals surface area contributed by atoms with Gasteiger partial charge in [0.1, 0.15) is 22.9 Å². The number of allylic oxidation sites excluding steroid dienone is 1. The Bertz CT molecular complexity index is 763. The maximum absolute atomic E-state index is 14.3. The summed E-state index contributed by atoms with van der Waals surface area (Å²) in [5, 5.41) is 14.9. The maximum atomic E-state index is 14.3. The average molecular weight is 361 g/mol. The third kappa shape index (κ3) is 5.43. The minimum atomic E-state index is -0.666. The molecule has 1 fully saturated rings. The number of amides is 1. The highest BCUT2D eigenvalue weighted by molar-refractivity contribution is 7.81. The smallest absolute Gasteiger partial charge is 0.239 e. The van der Waals surface area contributed by atoms with Gasteiger partial charge in [0.25, 0.3) is 0 Å². The second-order valence-corrected chi connectivity index (χ2v) is 6.59. The molecular formula is C17H20FN5OS. The third-order valence-electron chi connectivity index (χ3n) is 3.78. The Balaban J connectivity index is 2.26. The Morgan fingerprint density at radius 1 is 1.48 bits per heavy atom. The molecule has 6 N–H and O–H groups in total. The van der Waals surface area contributed by atoms with Crippen molar-refractivity contribution >= 4 is 34.5 Å². The Morgan fingerprint density at radius 3 is 2.68 bits per heavy atom. The molecule has 0 saturated heterocycles. The van der Waals surface area contributed by atoms with E-state index in [1.165, 1.54) is 12.1 Å². The minimum absolute atomic E-state index is 0.0854. The first-order chi connectivity index (χ1) is 11.8. The molecule has 0 spiro atoms. The lowest BCUT2D eigenvalue weighted by molar-refractivity contribution is -0.118. The zero-order chi connectivity index (χ0) is 18.6. The van der Waals surface area contributed by atoms with Gasteiger partial charge >= 0.3 is 0 Å². The number of thiocarbonyl (C=S) groups is 1. The summed E-state index contributed by atoms with van der Waals surface area (Å²) >= 11 is 5.13. The molecule has 1 aromatic rings. The number of rotatable bonds is 7. The number of carbonyl (C=O) groups excluding carboxylic acids is 1. The van der Waals surface area contributed by atoms with Gasteiger partial charge in [0.15, 0.2) is 0 Å². The molecule has 6 nitrogen and oxygen atoms in total. The highest BCUT2D eigenvalue weighted by Gasteiger charge is 2.28. The predicted molar refractivity (Wildman–Crippen MR) is 99.2 cm³/mol. The molecule has 2 rings (SSSR count). The summed E-state index contributed by atoms with van der Waals surface area (Å²) < 4.78 is 14.3. The number of nitriles is 1. The Kier molecular flexibility index (Phi) is 5.93. The molecule has 1 atom stereocenters. The van der Waals surface area contributed by atoms with Gasteiger partial charge in [-0.05, 0) is 37.5 Å². The van der Waals surface area contributed by atoms with E-state index in [0.717, 1.165) is 18.9 Å². The SMILES string of the molecule is CC(N)=CC(=S)Nc1cc(N[C@H](CC2CC2)C(N)=O)c(F)cc1C#N. The van der Waals surface area contributed by atoms with Crippen LogP contribution in [0.4, 0.5) is 15.8 Å². The predicted octanol–water partition coefficient (Wildman–Crippen LogP) is 2.37. The van der Waals surface area contributed by atoms with Crippen molar-refractivity contribution < 1.29 is 9.18 Å². The summed E-state index contributed by atoms with van der Waals surface area (Å²) in [5.41, 5.74) is 12.0. The molecule has 0 unspecified atom stereocenters. The van der Waals surface area contributed by atoms with Crippen molar-refractivity contribution in [2.45, 2.75) is 32.2 Å². The van der Waals surface area contributed by atoms with Crippen molar-refractivity contribution in [3.63, 3.8) is 0 Å². The van der Waals surface area contributed by atoms with Gasteiger partial charge in [-0.25, -0.2) is 4.39 Å². The molecule has 1 saturated carbocycles. The van der Waals surface area contributed by atoms with E-state index < -0.39 is 17.8 Å². The summed E-state index contributed by atoms with van der Waals surface area (Å²) in [5.74, 6) is -0.739. The summed E-state index contributed by atoms with van der Waals surface area (Å²) in [6.07, 6.45) is 4.18. The molecule has 0 bridgehead atoms. The summed E-state index contributed by atoms with van der Waals surface area (Å²) in [4.78, 5) is 11.9. The molecule has 8 heteroatoms. The van der Waals surface area contributed by atoms with Crippen molar-refractivity contribution in [1.82, 2.24) is 0 Å². The van der Waals surface area contributed by atoms with Gasteiger partial charge < -0.3 is 22.1 Å². The van der Waals surface area contributed by atoms with Crippen LogP contribution >= 0.6 is 12.2 Å². The summed E-state index contributed by atoms with van der Waals surface area (Å²) in [6.45, 7) is 1.67. The lowest BCUT2D eigenvalue weighted by Crippen LogP contribution is -2.36. The van der Waals surface area contributed by atoms with Gasteiger partial charge in [-0.1, -0.05) is 25.1 Å². The summed E-state index contributed by atoms with van der Waals surface area (Å²) in [6, 6.07) is 3.73. The fourth-order valence-corrected chi connectivity index (χ4v) is 2.67. The van der Waals surface area contributed by atoms with Crippen LogP contribution in [0.15, 0.2) is 23.9 Å². The molecule has 25 heavy (non-hydrogen) atoms. The van der Waals surface area contributed by atoms with Crippen molar-refractivity contribution in [1.29, 1.82) is 5.26 Å². The van der Waals surface area contributed by atoms with Crippen LogP contribution in [-0.2, 0) is 4.79 Å². The van der Waals surface area contributed by atoms with E-state index in [4.69, 9.17) is 23.7 Å². The zero-order valence-corrected chi connectivity index (χ0v) is 14.6. The van der Waals surface area contributed by atoms with Crippen LogP contribution in [-0.4, -0.2) is 16.9 Å². The lowest BCUT2D eigenvalue weighted by Gasteiger charge is -2.18. The first kappa shape index (κ1) is 18.7. The van der Waals surface area contributed by atoms with E-state index in [9.17, 15) is 14.4 Å². The molecule has 1 aromatic carbocycles. The van der Waals surface area contributed by atoms with Gasteiger partial charge in [-0.2, -0.15) is 5.26 Å². The Labute approximate surface area is 151 Å². The van der Waals surface area contributed by atoms with Crippen molar-refractivity contribution in [2.75, 3.05) is 10.6 Å². The van der Waals surface area contributed by atoms with Crippen molar-refractivity contribution in [3.05, 3.63) is 35.3 Å². The molecule has 0 radical (unpaired) electrons. The van der Waals surface area contributed by atoms with Gasteiger partial charge in [0, 0.05) is 5.70 Å². The number of nitrogens with two attached hydrogens (primary N) is 2. The van der Waals surface area contributed by atoms with Crippen LogP contribution in [0.3, 0.4) is 0 Å². The quantitative estimate of drug-likeness (QED) is 0.437. The number of halogens is 1. The lowest BCUT2D eigenvalue weighted by atomic mass is 10.1. The molecule has 0 aliphatic heterocycles. The fourth-order valence-electron chi connectivity index (χ4n) is 2.38. The molecule has 0 heterocycles. The first-order valence-electron chi connectivity index (χ1n) is 7.84. The van der Waals surface area contributed by atoms with Gasteiger partial charge in [0.2, 0.25) is 5.91 Å². The van der Waals surface area contributed by atoms with E-state index in [2.05, 4.69) is 10.6 Å². The number of carbonyl (C=O) groups is 1. The Morgan fingerprint density at radius 2 is 2.16 bits per heavy atom. The highest BCUT2D eigenvalue weighted by atomic mass is 32.1. The highest BCUT2D eigenvalue weighted by Crippen LogP contribution is 2.34.